The lowest BCUT2D eigenvalue weighted by molar-refractivity contribution is -0.126. The van der Waals surface area contributed by atoms with Gasteiger partial charge in [-0.2, -0.15) is 23.5 Å². The number of nitrogens with one attached hydrogen (secondary N) is 1. The van der Waals surface area contributed by atoms with Crippen LogP contribution < -0.4 is 5.32 Å². The van der Waals surface area contributed by atoms with Crippen LogP contribution in [-0.4, -0.2) is 54.5 Å². The SMILES string of the molecule is N#Cc1cc2cc(CN3CCC(Nc4ncnc5sc(CC(F)(F)F)cc45)CC3)ccc2n1CCn1cccn1. The van der Waals surface area contributed by atoms with Crippen LogP contribution in [0.25, 0.3) is 21.1 Å². The van der Waals surface area contributed by atoms with Crippen molar-refractivity contribution in [3.8, 4) is 6.07 Å². The van der Waals surface area contributed by atoms with Gasteiger partial charge in [0.15, 0.2) is 0 Å². The number of hydrogen-bond donors (Lipinski definition) is 1. The molecule has 12 heteroatoms. The number of benzene rings is 1. The molecule has 0 unspecified atom stereocenters. The maximum atomic E-state index is 12.9. The van der Waals surface area contributed by atoms with Gasteiger partial charge in [-0.05, 0) is 48.7 Å². The summed E-state index contributed by atoms with van der Waals surface area (Å²) in [7, 11) is 0. The minimum absolute atomic E-state index is 0.185. The van der Waals surface area contributed by atoms with Crippen LogP contribution in [0, 0.1) is 11.3 Å². The summed E-state index contributed by atoms with van der Waals surface area (Å²) < 4.78 is 42.5. The number of alkyl halides is 3. The summed E-state index contributed by atoms with van der Waals surface area (Å²) in [6.45, 7) is 3.95. The Balaban J connectivity index is 1.08. The molecule has 5 aromatic rings. The average Bonchev–Trinajstić information content (AvgIpc) is 3.66. The second-order valence-electron chi connectivity index (χ2n) is 10.1. The van der Waals surface area contributed by atoms with E-state index >= 15 is 0 Å². The summed E-state index contributed by atoms with van der Waals surface area (Å²) in [5.41, 5.74) is 2.88. The molecule has 1 aliphatic rings. The molecule has 40 heavy (non-hydrogen) atoms. The summed E-state index contributed by atoms with van der Waals surface area (Å²) >= 11 is 1.07. The highest BCUT2D eigenvalue weighted by Gasteiger charge is 2.29. The second kappa shape index (κ2) is 10.9. The fraction of sp³-hybridized carbons (Fsp3) is 0.357. The van der Waals surface area contributed by atoms with Crippen LogP contribution in [0.1, 0.15) is 29.0 Å². The van der Waals surface area contributed by atoms with E-state index in [0.29, 0.717) is 34.8 Å². The van der Waals surface area contributed by atoms with Crippen LogP contribution in [0.3, 0.4) is 0 Å². The van der Waals surface area contributed by atoms with Gasteiger partial charge in [-0.25, -0.2) is 9.97 Å². The zero-order chi connectivity index (χ0) is 27.7. The van der Waals surface area contributed by atoms with Crippen LogP contribution in [0.4, 0.5) is 19.0 Å². The van der Waals surface area contributed by atoms with Crippen molar-refractivity contribution in [1.82, 2.24) is 29.2 Å². The van der Waals surface area contributed by atoms with E-state index in [9.17, 15) is 18.4 Å². The van der Waals surface area contributed by atoms with E-state index in [1.807, 2.05) is 27.6 Å². The number of halogens is 3. The molecule has 0 bridgehead atoms. The third kappa shape index (κ3) is 5.80. The van der Waals surface area contributed by atoms with Crippen LogP contribution >= 0.6 is 11.3 Å². The van der Waals surface area contributed by atoms with Gasteiger partial charge in [-0.15, -0.1) is 11.3 Å². The first-order chi connectivity index (χ1) is 19.3. The van der Waals surface area contributed by atoms with Crippen molar-refractivity contribution in [3.05, 3.63) is 71.3 Å². The standard InChI is InChI=1S/C28H27F3N8S/c29-28(30,31)15-23-14-24-26(33-18-34-27(24)40-23)36-21-4-8-37(9-5-21)17-19-2-3-25-20(12-19)13-22(16-32)39(25)11-10-38-7-1-6-35-38/h1-3,6-7,12-14,18,21H,4-5,8-11,15,17H2,(H,33,34,36). The van der Waals surface area contributed by atoms with Gasteiger partial charge in [0.05, 0.1) is 18.4 Å². The molecule has 4 aromatic heterocycles. The maximum absolute atomic E-state index is 12.9. The van der Waals surface area contributed by atoms with Crippen molar-refractivity contribution in [3.63, 3.8) is 0 Å². The van der Waals surface area contributed by atoms with Crippen molar-refractivity contribution in [2.75, 3.05) is 18.4 Å². The molecular formula is C28H27F3N8S. The molecule has 0 spiro atoms. The van der Waals surface area contributed by atoms with Gasteiger partial charge in [0.25, 0.3) is 0 Å². The van der Waals surface area contributed by atoms with E-state index in [1.54, 1.807) is 12.3 Å². The summed E-state index contributed by atoms with van der Waals surface area (Å²) in [6, 6.07) is 14.3. The van der Waals surface area contributed by atoms with E-state index < -0.39 is 12.6 Å². The average molecular weight is 565 g/mol. The first-order valence-electron chi connectivity index (χ1n) is 13.1. The Bertz CT molecular complexity index is 1660. The monoisotopic (exact) mass is 564 g/mol. The minimum atomic E-state index is -4.25. The van der Waals surface area contributed by atoms with Gasteiger partial charge >= 0.3 is 6.18 Å². The number of nitrogens with zero attached hydrogens (tertiary/aromatic N) is 7. The summed E-state index contributed by atoms with van der Waals surface area (Å²) in [4.78, 5) is 11.7. The molecule has 8 nitrogen and oxygen atoms in total. The Morgan fingerprint density at radius 3 is 2.70 bits per heavy atom. The normalized spacial score (nSPS) is 15.2. The van der Waals surface area contributed by atoms with E-state index in [0.717, 1.165) is 54.7 Å². The number of piperidine rings is 1. The Morgan fingerprint density at radius 2 is 1.95 bits per heavy atom. The van der Waals surface area contributed by atoms with E-state index in [2.05, 4.69) is 49.6 Å². The first kappa shape index (κ1) is 26.3. The van der Waals surface area contributed by atoms with Crippen molar-refractivity contribution < 1.29 is 13.2 Å². The highest BCUT2D eigenvalue weighted by atomic mass is 32.1. The lowest BCUT2D eigenvalue weighted by Crippen LogP contribution is -2.38. The molecule has 0 aliphatic carbocycles. The Hall–Kier alpha value is -3.95. The molecule has 5 heterocycles. The number of aromatic nitrogens is 5. The summed E-state index contributed by atoms with van der Waals surface area (Å²) in [5, 5.41) is 19.1. The van der Waals surface area contributed by atoms with E-state index in [1.165, 1.54) is 11.9 Å². The van der Waals surface area contributed by atoms with Crippen molar-refractivity contribution >= 4 is 38.3 Å². The van der Waals surface area contributed by atoms with Crippen molar-refractivity contribution in [1.29, 1.82) is 5.26 Å². The maximum Gasteiger partial charge on any atom is 0.393 e. The van der Waals surface area contributed by atoms with Gasteiger partial charge in [-0.3, -0.25) is 9.58 Å². The summed E-state index contributed by atoms with van der Waals surface area (Å²) in [5.74, 6) is 0.601. The molecule has 0 saturated carbocycles. The molecule has 1 fully saturated rings. The topological polar surface area (TPSA) is 87.6 Å². The molecule has 206 valence electrons. The molecule has 1 aromatic carbocycles. The lowest BCUT2D eigenvalue weighted by Gasteiger charge is -2.32. The molecule has 0 radical (unpaired) electrons. The van der Waals surface area contributed by atoms with Crippen LogP contribution in [0.2, 0.25) is 0 Å². The smallest absolute Gasteiger partial charge is 0.367 e. The highest BCUT2D eigenvalue weighted by molar-refractivity contribution is 7.18. The minimum Gasteiger partial charge on any atom is -0.367 e. The summed E-state index contributed by atoms with van der Waals surface area (Å²) in [6.07, 6.45) is 1.67. The largest absolute Gasteiger partial charge is 0.393 e. The Labute approximate surface area is 232 Å². The fourth-order valence-electron chi connectivity index (χ4n) is 5.38. The van der Waals surface area contributed by atoms with E-state index in [-0.39, 0.29) is 10.9 Å². The van der Waals surface area contributed by atoms with Crippen molar-refractivity contribution in [2.24, 2.45) is 0 Å². The van der Waals surface area contributed by atoms with Gasteiger partial charge in [-0.1, -0.05) is 6.07 Å². The quantitative estimate of drug-likeness (QED) is 0.264. The molecular weight excluding hydrogens is 537 g/mol. The number of aryl methyl sites for hydroxylation is 2. The Kier molecular flexibility index (Phi) is 7.16. The number of anilines is 1. The molecule has 0 amide bonds. The van der Waals surface area contributed by atoms with Crippen LogP contribution in [0.15, 0.2) is 55.1 Å². The number of fused-ring (bicyclic) bond motifs is 2. The lowest BCUT2D eigenvalue weighted by atomic mass is 10.0. The van der Waals surface area contributed by atoms with Crippen LogP contribution in [-0.2, 0) is 26.1 Å². The third-order valence-corrected chi connectivity index (χ3v) is 8.32. The number of rotatable bonds is 8. The number of thiophene rings is 1. The van der Waals surface area contributed by atoms with Crippen molar-refractivity contribution in [2.45, 2.75) is 51.1 Å². The van der Waals surface area contributed by atoms with Gasteiger partial charge in [0, 0.05) is 60.4 Å². The van der Waals surface area contributed by atoms with Gasteiger partial charge < -0.3 is 9.88 Å². The first-order valence-corrected chi connectivity index (χ1v) is 13.9. The van der Waals surface area contributed by atoms with Crippen LogP contribution in [0.5, 0.6) is 0 Å². The predicted molar refractivity (Wildman–Crippen MR) is 148 cm³/mol. The molecule has 1 aliphatic heterocycles. The predicted octanol–water partition coefficient (Wildman–Crippen LogP) is 5.60. The molecule has 0 atom stereocenters. The number of hydrogen-bond acceptors (Lipinski definition) is 7. The molecule has 6 rings (SSSR count). The highest BCUT2D eigenvalue weighted by Crippen LogP contribution is 2.33. The molecule has 1 N–H and O–H groups in total. The zero-order valence-electron chi connectivity index (χ0n) is 21.6. The van der Waals surface area contributed by atoms with E-state index in [4.69, 9.17) is 0 Å². The second-order valence-corrected chi connectivity index (χ2v) is 11.2. The third-order valence-electron chi connectivity index (χ3n) is 7.28. The molecule has 1 saturated heterocycles. The zero-order valence-corrected chi connectivity index (χ0v) is 22.4. The van der Waals surface area contributed by atoms with Gasteiger partial charge in [0.1, 0.15) is 28.7 Å². The fourth-order valence-corrected chi connectivity index (χ4v) is 6.41. The van der Waals surface area contributed by atoms with Gasteiger partial charge in [0.2, 0.25) is 0 Å². The Morgan fingerprint density at radius 1 is 1.10 bits per heavy atom. The number of nitriles is 1. The number of likely N-dealkylation sites (tertiary alicyclic amines) is 1.